The Morgan fingerprint density at radius 1 is 1.00 bits per heavy atom. The average Bonchev–Trinajstić information content (AvgIpc) is 2.45. The van der Waals surface area contributed by atoms with Crippen LogP contribution in [0.5, 0.6) is 0 Å². The highest BCUT2D eigenvalue weighted by atomic mass is 16.2. The van der Waals surface area contributed by atoms with Crippen LogP contribution < -0.4 is 0 Å². The molecule has 0 radical (unpaired) electrons. The molecule has 144 valence electrons. The predicted octanol–water partition coefficient (Wildman–Crippen LogP) is 3.41. The summed E-state index contributed by atoms with van der Waals surface area (Å²) in [6, 6.07) is -1.13. The molecule has 26 heavy (non-hydrogen) atoms. The molecular weight excluding hydrogens is 336 g/mol. The summed E-state index contributed by atoms with van der Waals surface area (Å²) in [5, 5.41) is 0. The zero-order valence-corrected chi connectivity index (χ0v) is 16.6. The molecule has 1 rings (SSSR count). The van der Waals surface area contributed by atoms with Crippen molar-refractivity contribution in [2.24, 2.45) is 9.98 Å². The van der Waals surface area contributed by atoms with E-state index in [2.05, 4.69) is 9.98 Å². The Balaban J connectivity index is 3.05. The lowest BCUT2D eigenvalue weighted by atomic mass is 9.81. The molecule has 8 nitrogen and oxygen atoms in total. The molecule has 1 aliphatic heterocycles. The monoisotopic (exact) mass is 364 g/mol. The zero-order valence-electron chi connectivity index (χ0n) is 16.6. The Kier molecular flexibility index (Phi) is 6.29. The van der Waals surface area contributed by atoms with Crippen LogP contribution >= 0.6 is 0 Å². The maximum atomic E-state index is 12.8. The molecule has 0 saturated carbocycles. The Labute approximate surface area is 154 Å². The molecule has 1 aliphatic rings. The molecule has 1 fully saturated rings. The first-order chi connectivity index (χ1) is 11.8. The minimum absolute atomic E-state index is 0.351. The molecule has 2 unspecified atom stereocenters. The van der Waals surface area contributed by atoms with Crippen LogP contribution in [0.4, 0.5) is 9.59 Å². The lowest BCUT2D eigenvalue weighted by Crippen LogP contribution is -2.75. The molecule has 0 aliphatic carbocycles. The molecule has 0 spiro atoms. The van der Waals surface area contributed by atoms with Gasteiger partial charge in [0, 0.05) is 0 Å². The number of isocyanates is 2. The van der Waals surface area contributed by atoms with Crippen LogP contribution in [-0.4, -0.2) is 56.7 Å². The highest BCUT2D eigenvalue weighted by Gasteiger charge is 2.57. The SMILES string of the molecule is CCC(C)(CC(C)(C)N=C=O)N1C(=O)N(C(C)(C)CC(C)N=C=O)C1=O. The van der Waals surface area contributed by atoms with Crippen molar-refractivity contribution in [3.05, 3.63) is 0 Å². The third kappa shape index (κ3) is 4.26. The highest BCUT2D eigenvalue weighted by Crippen LogP contribution is 2.40. The highest BCUT2D eigenvalue weighted by molar-refractivity contribution is 6.13. The van der Waals surface area contributed by atoms with E-state index in [0.717, 1.165) is 0 Å². The lowest BCUT2D eigenvalue weighted by molar-refractivity contribution is 0.0123. The minimum Gasteiger partial charge on any atom is -0.247 e. The van der Waals surface area contributed by atoms with Gasteiger partial charge in [0.15, 0.2) is 0 Å². The van der Waals surface area contributed by atoms with E-state index in [0.29, 0.717) is 19.3 Å². The van der Waals surface area contributed by atoms with Crippen molar-refractivity contribution >= 4 is 24.2 Å². The number of amides is 4. The van der Waals surface area contributed by atoms with Crippen LogP contribution in [0, 0.1) is 0 Å². The van der Waals surface area contributed by atoms with E-state index in [1.165, 1.54) is 15.9 Å². The molecular formula is C18H28N4O4. The van der Waals surface area contributed by atoms with Gasteiger partial charge in [-0.05, 0) is 60.8 Å². The van der Waals surface area contributed by atoms with Gasteiger partial charge in [0.1, 0.15) is 0 Å². The summed E-state index contributed by atoms with van der Waals surface area (Å²) in [5.74, 6) is 0. The molecule has 0 aromatic rings. The number of hydrogen-bond acceptors (Lipinski definition) is 6. The van der Waals surface area contributed by atoms with E-state index in [1.807, 2.05) is 13.8 Å². The van der Waals surface area contributed by atoms with Crippen molar-refractivity contribution in [1.29, 1.82) is 0 Å². The fraction of sp³-hybridized carbons (Fsp3) is 0.778. The number of rotatable bonds is 9. The second kappa shape index (κ2) is 7.52. The second-order valence-corrected chi connectivity index (χ2v) is 8.36. The molecule has 1 heterocycles. The third-order valence-electron chi connectivity index (χ3n) is 4.90. The maximum Gasteiger partial charge on any atom is 0.337 e. The van der Waals surface area contributed by atoms with Crippen LogP contribution in [0.15, 0.2) is 9.98 Å². The van der Waals surface area contributed by atoms with Gasteiger partial charge in [-0.2, -0.15) is 4.99 Å². The van der Waals surface area contributed by atoms with Gasteiger partial charge in [0.2, 0.25) is 12.2 Å². The van der Waals surface area contributed by atoms with E-state index in [4.69, 9.17) is 0 Å². The van der Waals surface area contributed by atoms with E-state index in [9.17, 15) is 19.2 Å². The van der Waals surface area contributed by atoms with Crippen LogP contribution in [0.3, 0.4) is 0 Å². The maximum absolute atomic E-state index is 12.8. The predicted molar refractivity (Wildman–Crippen MR) is 96.3 cm³/mol. The van der Waals surface area contributed by atoms with Crippen LogP contribution in [-0.2, 0) is 9.59 Å². The summed E-state index contributed by atoms with van der Waals surface area (Å²) < 4.78 is 0. The standard InChI is InChI=1S/C18H28N4O4/c1-8-18(7,10-16(3,4)20-12-24)22-14(25)21(15(22)26)17(5,6)9-13(2)19-11-23/h13H,8-10H2,1-7H3. The summed E-state index contributed by atoms with van der Waals surface area (Å²) in [4.78, 5) is 56.6. The van der Waals surface area contributed by atoms with E-state index in [-0.39, 0.29) is 6.04 Å². The summed E-state index contributed by atoms with van der Waals surface area (Å²) in [6.45, 7) is 12.5. The number of carbonyl (C=O) groups is 2. The molecule has 0 N–H and O–H groups in total. The van der Waals surface area contributed by atoms with Crippen LogP contribution in [0.1, 0.15) is 67.7 Å². The van der Waals surface area contributed by atoms with Gasteiger partial charge in [-0.3, -0.25) is 0 Å². The van der Waals surface area contributed by atoms with Gasteiger partial charge in [-0.25, -0.2) is 34.0 Å². The molecule has 0 aromatic heterocycles. The Hall–Kier alpha value is -2.30. The first-order valence-electron chi connectivity index (χ1n) is 8.69. The molecule has 0 bridgehead atoms. The molecule has 2 atom stereocenters. The van der Waals surface area contributed by atoms with Crippen LogP contribution in [0.2, 0.25) is 0 Å². The average molecular weight is 364 g/mol. The number of urea groups is 2. The topological polar surface area (TPSA) is 99.5 Å². The van der Waals surface area contributed by atoms with Crippen molar-refractivity contribution in [1.82, 2.24) is 9.80 Å². The fourth-order valence-corrected chi connectivity index (χ4v) is 3.71. The zero-order chi connectivity index (χ0) is 20.3. The summed E-state index contributed by atoms with van der Waals surface area (Å²) >= 11 is 0. The van der Waals surface area contributed by atoms with Crippen molar-refractivity contribution in [2.45, 2.75) is 90.4 Å². The second-order valence-electron chi connectivity index (χ2n) is 8.36. The van der Waals surface area contributed by atoms with Gasteiger partial charge >= 0.3 is 12.1 Å². The molecule has 8 heteroatoms. The summed E-state index contributed by atoms with van der Waals surface area (Å²) in [6.07, 6.45) is 4.29. The van der Waals surface area contributed by atoms with E-state index >= 15 is 0 Å². The first kappa shape index (κ1) is 21.7. The van der Waals surface area contributed by atoms with E-state index < -0.39 is 28.7 Å². The Bertz CT molecular complexity index is 659. The number of carbonyl (C=O) groups excluding carboxylic acids is 4. The smallest absolute Gasteiger partial charge is 0.247 e. The Morgan fingerprint density at radius 3 is 1.96 bits per heavy atom. The number of nitrogens with zero attached hydrogens (tertiary/aromatic N) is 4. The number of aliphatic imine (C=N–C) groups is 2. The largest absolute Gasteiger partial charge is 0.337 e. The van der Waals surface area contributed by atoms with Crippen LogP contribution in [0.25, 0.3) is 0 Å². The minimum atomic E-state index is -0.782. The first-order valence-corrected chi connectivity index (χ1v) is 8.69. The lowest BCUT2D eigenvalue weighted by Gasteiger charge is -2.55. The Morgan fingerprint density at radius 2 is 1.54 bits per heavy atom. The van der Waals surface area contributed by atoms with E-state index in [1.54, 1.807) is 40.7 Å². The quantitative estimate of drug-likeness (QED) is 0.462. The van der Waals surface area contributed by atoms with Gasteiger partial charge in [-0.1, -0.05) is 6.92 Å². The van der Waals surface area contributed by atoms with Gasteiger partial charge in [0.05, 0.1) is 22.7 Å². The normalized spacial score (nSPS) is 18.4. The van der Waals surface area contributed by atoms with Crippen molar-refractivity contribution < 1.29 is 19.2 Å². The van der Waals surface area contributed by atoms with Crippen molar-refractivity contribution in [3.63, 3.8) is 0 Å². The summed E-state index contributed by atoms with van der Waals surface area (Å²) in [5.41, 5.74) is -2.29. The molecule has 0 aromatic carbocycles. The number of hydrogen-bond donors (Lipinski definition) is 0. The van der Waals surface area contributed by atoms with Crippen molar-refractivity contribution in [3.8, 4) is 0 Å². The van der Waals surface area contributed by atoms with Crippen molar-refractivity contribution in [2.75, 3.05) is 0 Å². The van der Waals surface area contributed by atoms with Gasteiger partial charge < -0.3 is 0 Å². The molecule has 1 saturated heterocycles. The van der Waals surface area contributed by atoms with Gasteiger partial charge in [-0.15, -0.1) is 0 Å². The number of imide groups is 2. The molecule has 4 amide bonds. The summed E-state index contributed by atoms with van der Waals surface area (Å²) in [7, 11) is 0. The third-order valence-corrected chi connectivity index (χ3v) is 4.90. The van der Waals surface area contributed by atoms with Gasteiger partial charge in [0.25, 0.3) is 0 Å². The fourth-order valence-electron chi connectivity index (χ4n) is 3.71.